The molecule has 0 aliphatic carbocycles. The van der Waals surface area contributed by atoms with E-state index in [9.17, 15) is 4.79 Å². The normalized spacial score (nSPS) is 36.0. The molecule has 1 aliphatic rings. The fraction of sp³-hybridized carbons (Fsp3) is 0.833. The molecule has 3 N–H and O–H groups in total. The van der Waals surface area contributed by atoms with Gasteiger partial charge in [-0.3, -0.25) is 4.79 Å². The molecule has 9 heavy (non-hydrogen) atoms. The first-order chi connectivity index (χ1) is 4.20. The van der Waals surface area contributed by atoms with Crippen LogP contribution in [0, 0.1) is 0 Å². The molecule has 0 radical (unpaired) electrons. The fourth-order valence-corrected chi connectivity index (χ4v) is 0.981. The van der Waals surface area contributed by atoms with Gasteiger partial charge in [0.15, 0.2) is 0 Å². The molecule has 2 atom stereocenters. The van der Waals surface area contributed by atoms with Gasteiger partial charge in [0.1, 0.15) is 0 Å². The van der Waals surface area contributed by atoms with Gasteiger partial charge in [-0.2, -0.15) is 0 Å². The number of rotatable bonds is 0. The molecule has 1 saturated heterocycles. The Labute approximate surface area is 54.6 Å². The van der Waals surface area contributed by atoms with Crippen LogP contribution in [-0.2, 0) is 4.79 Å². The lowest BCUT2D eigenvalue weighted by Gasteiger charge is -2.25. The molecule has 0 bridgehead atoms. The Bertz CT molecular complexity index is 124. The third kappa shape index (κ3) is 1.42. The molecule has 1 amide bonds. The van der Waals surface area contributed by atoms with Gasteiger partial charge in [0.2, 0.25) is 5.91 Å². The lowest BCUT2D eigenvalue weighted by Crippen LogP contribution is -2.50. The van der Waals surface area contributed by atoms with Crippen LogP contribution >= 0.6 is 0 Å². The van der Waals surface area contributed by atoms with E-state index in [-0.39, 0.29) is 18.0 Å². The minimum absolute atomic E-state index is 0.129. The number of amides is 1. The van der Waals surface area contributed by atoms with Gasteiger partial charge < -0.3 is 11.1 Å². The molecule has 0 unspecified atom stereocenters. The SMILES string of the molecule is C[C@@H]1NC(=O)CC[C@H]1N. The molecule has 1 heterocycles. The van der Waals surface area contributed by atoms with Crippen LogP contribution in [0.5, 0.6) is 0 Å². The molecular weight excluding hydrogens is 116 g/mol. The number of piperidine rings is 1. The molecule has 0 aromatic rings. The number of nitrogens with one attached hydrogen (secondary N) is 1. The zero-order valence-corrected chi connectivity index (χ0v) is 5.55. The first kappa shape index (κ1) is 6.55. The van der Waals surface area contributed by atoms with Crippen molar-refractivity contribution in [1.82, 2.24) is 5.32 Å². The number of carbonyl (C=O) groups excluding carboxylic acids is 1. The second-order valence-corrected chi connectivity index (χ2v) is 2.56. The summed E-state index contributed by atoms with van der Waals surface area (Å²) in [5.74, 6) is 0.129. The molecule has 0 aromatic heterocycles. The first-order valence-corrected chi connectivity index (χ1v) is 3.25. The smallest absolute Gasteiger partial charge is 0.220 e. The van der Waals surface area contributed by atoms with Crippen LogP contribution < -0.4 is 11.1 Å². The molecule has 52 valence electrons. The minimum atomic E-state index is 0.129. The second kappa shape index (κ2) is 2.35. The minimum Gasteiger partial charge on any atom is -0.352 e. The van der Waals surface area contributed by atoms with Crippen LogP contribution in [0.3, 0.4) is 0 Å². The van der Waals surface area contributed by atoms with Gasteiger partial charge in [0, 0.05) is 18.5 Å². The fourth-order valence-electron chi connectivity index (χ4n) is 0.981. The molecule has 0 aromatic carbocycles. The lowest BCUT2D eigenvalue weighted by molar-refractivity contribution is -0.123. The summed E-state index contributed by atoms with van der Waals surface area (Å²) in [6.45, 7) is 1.93. The average Bonchev–Trinajstić information content (AvgIpc) is 1.80. The molecule has 0 spiro atoms. The lowest BCUT2D eigenvalue weighted by atomic mass is 10.0. The summed E-state index contributed by atoms with van der Waals surface area (Å²) in [6, 6.07) is 0.314. The van der Waals surface area contributed by atoms with Gasteiger partial charge in [-0.05, 0) is 13.3 Å². The monoisotopic (exact) mass is 128 g/mol. The largest absolute Gasteiger partial charge is 0.352 e. The van der Waals surface area contributed by atoms with E-state index in [2.05, 4.69) is 5.32 Å². The molecule has 1 rings (SSSR count). The zero-order chi connectivity index (χ0) is 6.85. The van der Waals surface area contributed by atoms with Crippen molar-refractivity contribution in [3.63, 3.8) is 0 Å². The topological polar surface area (TPSA) is 55.1 Å². The highest BCUT2D eigenvalue weighted by molar-refractivity contribution is 5.77. The van der Waals surface area contributed by atoms with Crippen LogP contribution in [-0.4, -0.2) is 18.0 Å². The van der Waals surface area contributed by atoms with E-state index in [1.807, 2.05) is 6.92 Å². The van der Waals surface area contributed by atoms with Crippen molar-refractivity contribution in [2.75, 3.05) is 0 Å². The summed E-state index contributed by atoms with van der Waals surface area (Å²) >= 11 is 0. The van der Waals surface area contributed by atoms with Gasteiger partial charge in [-0.15, -0.1) is 0 Å². The number of hydrogen-bond donors (Lipinski definition) is 2. The van der Waals surface area contributed by atoms with Crippen molar-refractivity contribution in [2.45, 2.75) is 31.8 Å². The highest BCUT2D eigenvalue weighted by atomic mass is 16.1. The molecular formula is C6H12N2O. The standard InChI is InChI=1S/C6H12N2O/c1-4-5(7)2-3-6(9)8-4/h4-5H,2-3,7H2,1H3,(H,8,9)/t4-,5+/m0/s1. The van der Waals surface area contributed by atoms with Gasteiger partial charge in [-0.1, -0.05) is 0 Å². The number of carbonyl (C=O) groups is 1. The first-order valence-electron chi connectivity index (χ1n) is 3.25. The molecule has 3 nitrogen and oxygen atoms in total. The van der Waals surface area contributed by atoms with E-state index in [1.165, 1.54) is 0 Å². The van der Waals surface area contributed by atoms with E-state index in [0.29, 0.717) is 6.42 Å². The van der Waals surface area contributed by atoms with Gasteiger partial charge in [0.05, 0.1) is 0 Å². The van der Waals surface area contributed by atoms with Crippen LogP contribution in [0.15, 0.2) is 0 Å². The Hall–Kier alpha value is -0.570. The maximum atomic E-state index is 10.7. The summed E-state index contributed by atoms with van der Waals surface area (Å²) < 4.78 is 0. The Morgan fingerprint density at radius 1 is 1.78 bits per heavy atom. The second-order valence-electron chi connectivity index (χ2n) is 2.56. The molecule has 1 aliphatic heterocycles. The highest BCUT2D eigenvalue weighted by Crippen LogP contribution is 2.05. The van der Waals surface area contributed by atoms with Crippen molar-refractivity contribution < 1.29 is 4.79 Å². The van der Waals surface area contributed by atoms with Crippen LogP contribution in [0.25, 0.3) is 0 Å². The third-order valence-electron chi connectivity index (χ3n) is 1.74. The van der Waals surface area contributed by atoms with Gasteiger partial charge >= 0.3 is 0 Å². The quantitative estimate of drug-likeness (QED) is 0.467. The van der Waals surface area contributed by atoms with Gasteiger partial charge in [-0.25, -0.2) is 0 Å². The van der Waals surface area contributed by atoms with Crippen molar-refractivity contribution >= 4 is 5.91 Å². The predicted molar refractivity (Wildman–Crippen MR) is 34.8 cm³/mol. The Balaban J connectivity index is 2.44. The predicted octanol–water partition coefficient (Wildman–Crippen LogP) is -0.388. The number of hydrogen-bond acceptors (Lipinski definition) is 2. The van der Waals surface area contributed by atoms with Gasteiger partial charge in [0.25, 0.3) is 0 Å². The summed E-state index contributed by atoms with van der Waals surface area (Å²) in [5.41, 5.74) is 5.63. The Morgan fingerprint density at radius 2 is 2.44 bits per heavy atom. The number of nitrogens with two attached hydrogens (primary N) is 1. The van der Waals surface area contributed by atoms with E-state index in [0.717, 1.165) is 6.42 Å². The van der Waals surface area contributed by atoms with E-state index >= 15 is 0 Å². The Kier molecular flexibility index (Phi) is 1.71. The van der Waals surface area contributed by atoms with Crippen LogP contribution in [0.2, 0.25) is 0 Å². The average molecular weight is 128 g/mol. The summed E-state index contributed by atoms with van der Waals surface area (Å²) in [7, 11) is 0. The molecule has 1 fully saturated rings. The van der Waals surface area contributed by atoms with E-state index in [4.69, 9.17) is 5.73 Å². The third-order valence-corrected chi connectivity index (χ3v) is 1.74. The van der Waals surface area contributed by atoms with E-state index < -0.39 is 0 Å². The van der Waals surface area contributed by atoms with Crippen molar-refractivity contribution in [2.24, 2.45) is 5.73 Å². The summed E-state index contributed by atoms with van der Waals surface area (Å²) in [4.78, 5) is 10.7. The van der Waals surface area contributed by atoms with Crippen molar-refractivity contribution in [1.29, 1.82) is 0 Å². The van der Waals surface area contributed by atoms with Crippen LogP contribution in [0.1, 0.15) is 19.8 Å². The summed E-state index contributed by atoms with van der Waals surface area (Å²) in [6.07, 6.45) is 1.42. The van der Waals surface area contributed by atoms with Crippen molar-refractivity contribution in [3.05, 3.63) is 0 Å². The highest BCUT2D eigenvalue weighted by Gasteiger charge is 2.20. The van der Waals surface area contributed by atoms with E-state index in [1.54, 1.807) is 0 Å². The van der Waals surface area contributed by atoms with Crippen LogP contribution in [0.4, 0.5) is 0 Å². The Morgan fingerprint density at radius 3 is 2.89 bits per heavy atom. The van der Waals surface area contributed by atoms with Crippen molar-refractivity contribution in [3.8, 4) is 0 Å². The maximum absolute atomic E-state index is 10.7. The molecule has 0 saturated carbocycles. The summed E-state index contributed by atoms with van der Waals surface area (Å²) in [5, 5.41) is 2.77. The molecule has 3 heteroatoms. The zero-order valence-electron chi connectivity index (χ0n) is 5.55. The maximum Gasteiger partial charge on any atom is 0.220 e.